The molecule has 3 heteroatoms. The third kappa shape index (κ3) is 1.91. The van der Waals surface area contributed by atoms with Crippen LogP contribution in [0.25, 0.3) is 0 Å². The van der Waals surface area contributed by atoms with Crippen molar-refractivity contribution in [3.8, 4) is 0 Å². The smallest absolute Gasteiger partial charge is 0.118 e. The Bertz CT molecular complexity index is 328. The summed E-state index contributed by atoms with van der Waals surface area (Å²) in [4.78, 5) is 2.03. The Morgan fingerprint density at radius 3 is 2.60 bits per heavy atom. The standard InChI is InChI=1S/C12H17NO2/c1-13-8-7-12(15,11(14)9-13)10-5-3-2-4-6-10/h2-6,11,14-15H,7-9H2,1H3/t11-,12+/m1/s1. The maximum Gasteiger partial charge on any atom is 0.118 e. The number of likely N-dealkylation sites (tertiary alicyclic amines) is 1. The number of aliphatic hydroxyl groups excluding tert-OH is 1. The van der Waals surface area contributed by atoms with Crippen molar-refractivity contribution in [3.63, 3.8) is 0 Å². The first-order valence-electron chi connectivity index (χ1n) is 5.27. The Morgan fingerprint density at radius 1 is 1.33 bits per heavy atom. The Balaban J connectivity index is 2.27. The van der Waals surface area contributed by atoms with Gasteiger partial charge in [0, 0.05) is 13.1 Å². The van der Waals surface area contributed by atoms with Crippen molar-refractivity contribution in [2.45, 2.75) is 18.1 Å². The fraction of sp³-hybridized carbons (Fsp3) is 0.500. The molecule has 0 aliphatic carbocycles. The Hall–Kier alpha value is -0.900. The molecule has 1 aromatic rings. The van der Waals surface area contributed by atoms with Crippen LogP contribution in [0.3, 0.4) is 0 Å². The number of benzene rings is 1. The van der Waals surface area contributed by atoms with Gasteiger partial charge in [-0.15, -0.1) is 0 Å². The molecule has 2 atom stereocenters. The minimum atomic E-state index is -1.08. The second-order valence-corrected chi connectivity index (χ2v) is 4.32. The van der Waals surface area contributed by atoms with Gasteiger partial charge in [-0.1, -0.05) is 30.3 Å². The van der Waals surface area contributed by atoms with Crippen LogP contribution in [0, 0.1) is 0 Å². The van der Waals surface area contributed by atoms with E-state index in [1.165, 1.54) is 0 Å². The molecule has 2 rings (SSSR count). The zero-order valence-corrected chi connectivity index (χ0v) is 8.93. The molecule has 1 aromatic carbocycles. The van der Waals surface area contributed by atoms with Gasteiger partial charge in [0.1, 0.15) is 5.60 Å². The predicted molar refractivity (Wildman–Crippen MR) is 58.5 cm³/mol. The van der Waals surface area contributed by atoms with Crippen LogP contribution in [0.2, 0.25) is 0 Å². The molecule has 82 valence electrons. The number of rotatable bonds is 1. The molecule has 0 unspecified atom stereocenters. The molecular formula is C12H17NO2. The van der Waals surface area contributed by atoms with E-state index in [0.29, 0.717) is 13.0 Å². The zero-order valence-electron chi connectivity index (χ0n) is 8.93. The summed E-state index contributed by atoms with van der Waals surface area (Å²) >= 11 is 0. The van der Waals surface area contributed by atoms with Crippen molar-refractivity contribution in [1.29, 1.82) is 0 Å². The number of piperidine rings is 1. The molecule has 1 heterocycles. The molecule has 1 fully saturated rings. The first kappa shape index (κ1) is 10.6. The van der Waals surface area contributed by atoms with Gasteiger partial charge >= 0.3 is 0 Å². The number of nitrogens with zero attached hydrogens (tertiary/aromatic N) is 1. The van der Waals surface area contributed by atoms with Crippen LogP contribution in [0.1, 0.15) is 12.0 Å². The summed E-state index contributed by atoms with van der Waals surface area (Å²) in [6, 6.07) is 9.42. The van der Waals surface area contributed by atoms with E-state index in [4.69, 9.17) is 0 Å². The van der Waals surface area contributed by atoms with Crippen molar-refractivity contribution in [1.82, 2.24) is 4.90 Å². The van der Waals surface area contributed by atoms with Crippen LogP contribution in [-0.4, -0.2) is 41.4 Å². The SMILES string of the molecule is CN1CC[C@](O)(c2ccccc2)[C@H](O)C1. The molecule has 2 N–H and O–H groups in total. The van der Waals surface area contributed by atoms with E-state index in [2.05, 4.69) is 0 Å². The van der Waals surface area contributed by atoms with Gasteiger partial charge in [-0.05, 0) is 19.0 Å². The number of hydrogen-bond donors (Lipinski definition) is 2. The molecule has 1 aliphatic rings. The third-order valence-electron chi connectivity index (χ3n) is 3.18. The maximum absolute atomic E-state index is 10.5. The van der Waals surface area contributed by atoms with Gasteiger partial charge in [0.2, 0.25) is 0 Å². The molecular weight excluding hydrogens is 190 g/mol. The maximum atomic E-state index is 10.5. The van der Waals surface area contributed by atoms with Gasteiger partial charge in [0.15, 0.2) is 0 Å². The van der Waals surface area contributed by atoms with Crippen LogP contribution >= 0.6 is 0 Å². The summed E-state index contributed by atoms with van der Waals surface area (Å²) in [6.45, 7) is 1.33. The number of β-amino-alcohol motifs (C(OH)–C–C–N with tert-alkyl or cyclic N) is 1. The molecule has 1 saturated heterocycles. The summed E-state index contributed by atoms with van der Waals surface area (Å²) in [6.07, 6.45) is -0.132. The highest BCUT2D eigenvalue weighted by molar-refractivity contribution is 5.24. The first-order chi connectivity index (χ1) is 7.13. The van der Waals surface area contributed by atoms with Gasteiger partial charge in [-0.25, -0.2) is 0 Å². The lowest BCUT2D eigenvalue weighted by Gasteiger charge is -2.41. The van der Waals surface area contributed by atoms with Crippen molar-refractivity contribution in [3.05, 3.63) is 35.9 Å². The van der Waals surface area contributed by atoms with Crippen LogP contribution in [0.5, 0.6) is 0 Å². The van der Waals surface area contributed by atoms with Gasteiger partial charge < -0.3 is 15.1 Å². The van der Waals surface area contributed by atoms with E-state index >= 15 is 0 Å². The Labute approximate surface area is 90.0 Å². The highest BCUT2D eigenvalue weighted by Crippen LogP contribution is 2.32. The second kappa shape index (κ2) is 3.93. The van der Waals surface area contributed by atoms with E-state index in [9.17, 15) is 10.2 Å². The van der Waals surface area contributed by atoms with Gasteiger partial charge in [-0.3, -0.25) is 0 Å². The summed E-state index contributed by atoms with van der Waals surface area (Å²) in [5.41, 5.74) is -0.265. The predicted octanol–water partition coefficient (Wildman–Crippen LogP) is 0.571. The van der Waals surface area contributed by atoms with E-state index in [1.54, 1.807) is 0 Å². The quantitative estimate of drug-likeness (QED) is 0.707. The number of aliphatic hydroxyl groups is 2. The fourth-order valence-electron chi connectivity index (χ4n) is 2.13. The molecule has 15 heavy (non-hydrogen) atoms. The molecule has 0 aromatic heterocycles. The van der Waals surface area contributed by atoms with Crippen LogP contribution < -0.4 is 0 Å². The summed E-state index contributed by atoms with van der Waals surface area (Å²) in [5, 5.41) is 20.4. The molecule has 3 nitrogen and oxygen atoms in total. The molecule has 0 spiro atoms. The highest BCUT2D eigenvalue weighted by Gasteiger charge is 2.40. The van der Waals surface area contributed by atoms with Crippen LogP contribution in [-0.2, 0) is 5.60 Å². The highest BCUT2D eigenvalue weighted by atomic mass is 16.3. The fourth-order valence-corrected chi connectivity index (χ4v) is 2.13. The van der Waals surface area contributed by atoms with E-state index in [0.717, 1.165) is 12.1 Å². The van der Waals surface area contributed by atoms with Gasteiger partial charge in [0.25, 0.3) is 0 Å². The third-order valence-corrected chi connectivity index (χ3v) is 3.18. The first-order valence-corrected chi connectivity index (χ1v) is 5.27. The van der Waals surface area contributed by atoms with Crippen molar-refractivity contribution in [2.24, 2.45) is 0 Å². The zero-order chi connectivity index (χ0) is 10.9. The molecule has 0 amide bonds. The van der Waals surface area contributed by atoms with Crippen LogP contribution in [0.4, 0.5) is 0 Å². The lowest BCUT2D eigenvalue weighted by molar-refractivity contribution is -0.120. The minimum Gasteiger partial charge on any atom is -0.388 e. The molecule has 0 bridgehead atoms. The molecule has 1 aliphatic heterocycles. The van der Waals surface area contributed by atoms with Crippen molar-refractivity contribution >= 4 is 0 Å². The minimum absolute atomic E-state index is 0.519. The Kier molecular flexibility index (Phi) is 2.78. The normalized spacial score (nSPS) is 32.9. The number of hydrogen-bond acceptors (Lipinski definition) is 3. The summed E-state index contributed by atoms with van der Waals surface area (Å²) in [5.74, 6) is 0. The lowest BCUT2D eigenvalue weighted by atomic mass is 9.82. The average molecular weight is 207 g/mol. The van der Waals surface area contributed by atoms with Gasteiger partial charge in [0.05, 0.1) is 6.10 Å². The monoisotopic (exact) mass is 207 g/mol. The van der Waals surface area contributed by atoms with Crippen molar-refractivity contribution < 1.29 is 10.2 Å². The molecule has 0 saturated carbocycles. The second-order valence-electron chi connectivity index (χ2n) is 4.32. The largest absolute Gasteiger partial charge is 0.388 e. The van der Waals surface area contributed by atoms with E-state index in [1.807, 2.05) is 42.3 Å². The summed E-state index contributed by atoms with van der Waals surface area (Å²) in [7, 11) is 1.95. The topological polar surface area (TPSA) is 43.7 Å². The Morgan fingerprint density at radius 2 is 2.00 bits per heavy atom. The number of likely N-dealkylation sites (N-methyl/N-ethyl adjacent to an activating group) is 1. The van der Waals surface area contributed by atoms with Crippen LogP contribution in [0.15, 0.2) is 30.3 Å². The lowest BCUT2D eigenvalue weighted by Crippen LogP contribution is -2.52. The van der Waals surface area contributed by atoms with E-state index in [-0.39, 0.29) is 0 Å². The average Bonchev–Trinajstić information content (AvgIpc) is 2.25. The molecule has 0 radical (unpaired) electrons. The van der Waals surface area contributed by atoms with Gasteiger partial charge in [-0.2, -0.15) is 0 Å². The van der Waals surface area contributed by atoms with Crippen molar-refractivity contribution in [2.75, 3.05) is 20.1 Å². The summed E-state index contributed by atoms with van der Waals surface area (Å²) < 4.78 is 0. The van der Waals surface area contributed by atoms with E-state index < -0.39 is 11.7 Å².